The molecule has 1 aromatic carbocycles. The van der Waals surface area contributed by atoms with E-state index < -0.39 is 36.1 Å². The second-order valence-electron chi connectivity index (χ2n) is 11.1. The molecule has 0 saturated carbocycles. The average Bonchev–Trinajstić information content (AvgIpc) is 2.94. The zero-order valence-corrected chi connectivity index (χ0v) is 23.8. The number of pyridine rings is 1. The predicted octanol–water partition coefficient (Wildman–Crippen LogP) is 3.03. The van der Waals surface area contributed by atoms with E-state index in [0.717, 1.165) is 22.0 Å². The van der Waals surface area contributed by atoms with Gasteiger partial charge in [0.15, 0.2) is 0 Å². The van der Waals surface area contributed by atoms with Crippen LogP contribution in [0.5, 0.6) is 0 Å². The summed E-state index contributed by atoms with van der Waals surface area (Å²) in [4.78, 5) is 56.8. The van der Waals surface area contributed by atoms with Gasteiger partial charge in [-0.15, -0.1) is 0 Å². The van der Waals surface area contributed by atoms with Crippen molar-refractivity contribution in [3.05, 3.63) is 47.8 Å². The number of cyclic esters (lactones) is 1. The Bertz CT molecular complexity index is 1310. The Kier molecular flexibility index (Phi) is 9.19. The summed E-state index contributed by atoms with van der Waals surface area (Å²) in [5.74, 6) is -2.07. The van der Waals surface area contributed by atoms with E-state index in [-0.39, 0.29) is 23.7 Å². The molecule has 0 aliphatic carbocycles. The van der Waals surface area contributed by atoms with Crippen LogP contribution in [0.1, 0.15) is 71.2 Å². The van der Waals surface area contributed by atoms with Crippen LogP contribution in [0.25, 0.3) is 16.8 Å². The number of hydrogen-bond donors (Lipinski definition) is 3. The van der Waals surface area contributed by atoms with Crippen molar-refractivity contribution in [2.45, 2.75) is 78.1 Å². The third-order valence-electron chi connectivity index (χ3n) is 7.47. The lowest BCUT2D eigenvalue weighted by atomic mass is 10.00. The van der Waals surface area contributed by atoms with Gasteiger partial charge in [-0.2, -0.15) is 0 Å². The van der Waals surface area contributed by atoms with Gasteiger partial charge in [-0.1, -0.05) is 39.0 Å². The number of fused-ring (bicyclic) bond motifs is 4. The molecule has 4 rings (SSSR count). The van der Waals surface area contributed by atoms with E-state index in [1.54, 1.807) is 20.0 Å². The number of allylic oxidation sites excluding steroid dienone is 1. The number of benzene rings is 1. The van der Waals surface area contributed by atoms with E-state index >= 15 is 0 Å². The van der Waals surface area contributed by atoms with E-state index in [1.807, 2.05) is 57.2 Å². The maximum Gasteiger partial charge on any atom is 0.325 e. The van der Waals surface area contributed by atoms with Gasteiger partial charge in [0.2, 0.25) is 11.8 Å². The summed E-state index contributed by atoms with van der Waals surface area (Å²) in [5, 5.41) is 8.87. The van der Waals surface area contributed by atoms with E-state index in [2.05, 4.69) is 21.0 Å². The van der Waals surface area contributed by atoms with Crippen LogP contribution in [0.4, 0.5) is 0 Å². The van der Waals surface area contributed by atoms with Gasteiger partial charge in [0.25, 0.3) is 5.91 Å². The summed E-state index contributed by atoms with van der Waals surface area (Å²) in [7, 11) is 0. The lowest BCUT2D eigenvalue weighted by Crippen LogP contribution is -2.61. The van der Waals surface area contributed by atoms with Crippen molar-refractivity contribution >= 4 is 40.5 Å². The van der Waals surface area contributed by atoms with Crippen LogP contribution >= 0.6 is 0 Å². The average molecular weight is 550 g/mol. The number of hydrogen-bond acceptors (Lipinski definition) is 7. The lowest BCUT2D eigenvalue weighted by molar-refractivity contribution is -0.157. The Hall–Kier alpha value is -3.79. The third-order valence-corrected chi connectivity index (χ3v) is 7.47. The van der Waals surface area contributed by atoms with Crippen LogP contribution in [0.3, 0.4) is 0 Å². The first-order valence-electron chi connectivity index (χ1n) is 14.0. The summed E-state index contributed by atoms with van der Waals surface area (Å²) in [5.41, 5.74) is 4.57. The molecule has 3 amide bonds. The number of aromatic nitrogens is 1. The Morgan fingerprint density at radius 2 is 1.77 bits per heavy atom. The SMILES string of the molecule is CC(C)C1NC(=O)[C@H](C)C/C=C/c2cc3cc(ccc3cn2)[C@@H](C)OC(=O)[C@@H]2CCCN(N2)C(=O)[C@H](C)NC1=O. The minimum atomic E-state index is -0.863. The molecule has 10 nitrogen and oxygen atoms in total. The number of carbonyl (C=O) groups excluding carboxylic acids is 4. The molecule has 1 aromatic heterocycles. The molecule has 5 atom stereocenters. The van der Waals surface area contributed by atoms with E-state index in [1.165, 1.54) is 5.01 Å². The van der Waals surface area contributed by atoms with Crippen molar-refractivity contribution in [1.82, 2.24) is 26.1 Å². The van der Waals surface area contributed by atoms with Gasteiger partial charge in [0.05, 0.1) is 5.69 Å². The Labute approximate surface area is 234 Å². The highest BCUT2D eigenvalue weighted by molar-refractivity contribution is 5.92. The van der Waals surface area contributed by atoms with Gasteiger partial charge >= 0.3 is 5.97 Å². The molecule has 3 N–H and O–H groups in total. The van der Waals surface area contributed by atoms with Gasteiger partial charge < -0.3 is 15.4 Å². The van der Waals surface area contributed by atoms with Crippen molar-refractivity contribution in [2.75, 3.05) is 6.54 Å². The zero-order chi connectivity index (χ0) is 29.0. The predicted molar refractivity (Wildman–Crippen MR) is 151 cm³/mol. The minimum absolute atomic E-state index is 0.194. The van der Waals surface area contributed by atoms with E-state index in [4.69, 9.17) is 4.74 Å². The molecular formula is C30H39N5O5. The summed E-state index contributed by atoms with van der Waals surface area (Å²) < 4.78 is 5.80. The topological polar surface area (TPSA) is 130 Å². The van der Waals surface area contributed by atoms with Crippen LogP contribution in [0.2, 0.25) is 0 Å². The molecule has 0 radical (unpaired) electrons. The number of nitrogens with zero attached hydrogens (tertiary/aromatic N) is 2. The smallest absolute Gasteiger partial charge is 0.325 e. The number of hydrazine groups is 1. The van der Waals surface area contributed by atoms with Gasteiger partial charge in [0, 0.05) is 24.0 Å². The standard InChI is InChI=1S/C30H39N5O5/c1-17(2)26-28(37)32-19(4)29(38)35-13-7-10-25(34-35)30(39)40-20(5)21-11-12-22-16-31-24(15-23(22)14-21)9-6-8-18(3)27(36)33-26/h6,9,11-12,14-20,25-26,34H,7-8,10,13H2,1-5H3,(H,32,37)(H,33,36)/b9-6+/t18-,19+,20-,25+,26?/m1/s1. The number of ether oxygens (including phenoxy) is 1. The maximum atomic E-state index is 13.2. The van der Waals surface area contributed by atoms with E-state index in [9.17, 15) is 19.2 Å². The Balaban J connectivity index is 1.63. The first-order valence-corrected chi connectivity index (χ1v) is 14.0. The second kappa shape index (κ2) is 12.6. The van der Waals surface area contributed by atoms with Crippen molar-refractivity contribution < 1.29 is 23.9 Å². The summed E-state index contributed by atoms with van der Waals surface area (Å²) in [6, 6.07) is 5.43. The molecule has 5 bridgehead atoms. The summed E-state index contributed by atoms with van der Waals surface area (Å²) >= 11 is 0. The van der Waals surface area contributed by atoms with Gasteiger partial charge in [0.1, 0.15) is 24.2 Å². The van der Waals surface area contributed by atoms with E-state index in [0.29, 0.717) is 25.8 Å². The largest absolute Gasteiger partial charge is 0.457 e. The molecule has 214 valence electrons. The molecule has 0 spiro atoms. The normalized spacial score (nSPS) is 28.1. The fourth-order valence-corrected chi connectivity index (χ4v) is 4.89. The zero-order valence-electron chi connectivity index (χ0n) is 23.8. The highest BCUT2D eigenvalue weighted by Crippen LogP contribution is 2.24. The quantitative estimate of drug-likeness (QED) is 0.466. The third kappa shape index (κ3) is 6.85. The van der Waals surface area contributed by atoms with Crippen LogP contribution in [0.15, 0.2) is 36.5 Å². The second-order valence-corrected chi connectivity index (χ2v) is 11.1. The molecule has 2 aliphatic heterocycles. The summed E-state index contributed by atoms with van der Waals surface area (Å²) in [6.45, 7) is 9.30. The van der Waals surface area contributed by atoms with Crippen molar-refractivity contribution in [2.24, 2.45) is 11.8 Å². The molecular weight excluding hydrogens is 510 g/mol. The molecule has 1 fully saturated rings. The monoisotopic (exact) mass is 549 g/mol. The minimum Gasteiger partial charge on any atom is -0.457 e. The molecule has 3 heterocycles. The van der Waals surface area contributed by atoms with Gasteiger partial charge in [-0.3, -0.25) is 29.2 Å². The molecule has 2 aliphatic rings. The van der Waals surface area contributed by atoms with Crippen LogP contribution in [0, 0.1) is 11.8 Å². The maximum absolute atomic E-state index is 13.2. The fraction of sp³-hybridized carbons (Fsp3) is 0.500. The summed E-state index contributed by atoms with van der Waals surface area (Å²) in [6.07, 6.45) is 6.64. The number of esters is 1. The van der Waals surface area contributed by atoms with Gasteiger partial charge in [-0.25, -0.2) is 5.43 Å². The Morgan fingerprint density at radius 3 is 2.52 bits per heavy atom. The highest BCUT2D eigenvalue weighted by atomic mass is 16.5. The van der Waals surface area contributed by atoms with Crippen molar-refractivity contribution in [3.8, 4) is 0 Å². The fourth-order valence-electron chi connectivity index (χ4n) is 4.89. The van der Waals surface area contributed by atoms with Gasteiger partial charge in [-0.05, 0) is 68.2 Å². The molecule has 2 aromatic rings. The highest BCUT2D eigenvalue weighted by Gasteiger charge is 2.34. The first kappa shape index (κ1) is 29.2. The van der Waals surface area contributed by atoms with Crippen LogP contribution in [-0.2, 0) is 23.9 Å². The number of nitrogens with one attached hydrogen (secondary N) is 3. The van der Waals surface area contributed by atoms with Crippen LogP contribution < -0.4 is 16.1 Å². The number of amides is 3. The number of carbonyl (C=O) groups is 4. The number of rotatable bonds is 1. The molecule has 10 heteroatoms. The van der Waals surface area contributed by atoms with Crippen molar-refractivity contribution in [3.63, 3.8) is 0 Å². The van der Waals surface area contributed by atoms with Crippen molar-refractivity contribution in [1.29, 1.82) is 0 Å². The molecule has 40 heavy (non-hydrogen) atoms. The lowest BCUT2D eigenvalue weighted by Gasteiger charge is -2.35. The van der Waals surface area contributed by atoms with Crippen LogP contribution in [-0.4, -0.2) is 58.4 Å². The Morgan fingerprint density at radius 1 is 1.00 bits per heavy atom. The molecule has 1 unspecified atom stereocenters. The first-order chi connectivity index (χ1) is 19.0. The molecule has 1 saturated heterocycles.